The van der Waals surface area contributed by atoms with Crippen LogP contribution < -0.4 is 14.8 Å². The van der Waals surface area contributed by atoms with Gasteiger partial charge in [-0.25, -0.2) is 24.7 Å². The van der Waals surface area contributed by atoms with Crippen LogP contribution in [0.25, 0.3) is 11.1 Å². The number of hydrogen-bond acceptors (Lipinski definition) is 14. The second kappa shape index (κ2) is 14.6. The number of hydrogen-bond donors (Lipinski definition) is 1. The van der Waals surface area contributed by atoms with Crippen LogP contribution in [0.5, 0.6) is 11.6 Å². The van der Waals surface area contributed by atoms with Gasteiger partial charge in [0.25, 0.3) is 5.88 Å². The summed E-state index contributed by atoms with van der Waals surface area (Å²) < 4.78 is 26.7. The van der Waals surface area contributed by atoms with Crippen molar-refractivity contribution in [3.05, 3.63) is 48.7 Å². The maximum absolute atomic E-state index is 9.66. The number of hydrazine groups is 1. The molecule has 2 bridgehead atoms. The van der Waals surface area contributed by atoms with Crippen LogP contribution in [0.4, 0.5) is 11.6 Å². The van der Waals surface area contributed by atoms with E-state index in [0.717, 1.165) is 50.0 Å². The van der Waals surface area contributed by atoms with Crippen LogP contribution in [0.3, 0.4) is 0 Å². The molecule has 1 aromatic carbocycles. The lowest BCUT2D eigenvalue weighted by atomic mass is 9.90. The minimum Gasteiger partial charge on any atom is -0.487 e. The Bertz CT molecular complexity index is 1670. The Hall–Kier alpha value is -4.69. The van der Waals surface area contributed by atoms with E-state index in [0.29, 0.717) is 67.4 Å². The molecule has 0 spiro atoms. The van der Waals surface area contributed by atoms with Gasteiger partial charge in [-0.3, -0.25) is 4.68 Å². The number of anilines is 2. The zero-order valence-electron chi connectivity index (χ0n) is 27.2. The fraction of sp³-hybridized carbons (Fsp3) is 0.531. The van der Waals surface area contributed by atoms with E-state index in [1.165, 1.54) is 12.7 Å². The Morgan fingerprint density at radius 3 is 2.65 bits per heavy atom. The first-order valence-electron chi connectivity index (χ1n) is 16.4. The first kappa shape index (κ1) is 31.9. The molecule has 7 rings (SSSR count). The Morgan fingerprint density at radius 2 is 1.90 bits per heavy atom. The quantitative estimate of drug-likeness (QED) is 0.208. The highest BCUT2D eigenvalue weighted by atomic mass is 16.5. The Labute approximate surface area is 278 Å². The number of tetrazole rings is 1. The summed E-state index contributed by atoms with van der Waals surface area (Å²) in [5.74, 6) is 1.37. The third kappa shape index (κ3) is 7.09. The van der Waals surface area contributed by atoms with Crippen molar-refractivity contribution in [2.24, 2.45) is 0 Å². The van der Waals surface area contributed by atoms with Crippen LogP contribution in [0.15, 0.2) is 43.1 Å². The smallest absolute Gasteiger partial charge is 0.257 e. The maximum atomic E-state index is 9.66. The van der Waals surface area contributed by atoms with Crippen LogP contribution in [0, 0.1) is 11.3 Å². The Balaban J connectivity index is 1.02. The number of rotatable bonds is 13. The van der Waals surface area contributed by atoms with E-state index in [2.05, 4.69) is 46.9 Å². The monoisotopic (exact) mass is 656 g/mol. The molecule has 3 aliphatic rings. The number of nitriles is 1. The summed E-state index contributed by atoms with van der Waals surface area (Å²) in [5.41, 5.74) is 2.72. The number of benzene rings is 1. The van der Waals surface area contributed by atoms with Crippen molar-refractivity contribution in [3.8, 4) is 28.8 Å². The Morgan fingerprint density at radius 1 is 1.06 bits per heavy atom. The lowest BCUT2D eigenvalue weighted by molar-refractivity contribution is -0.173. The summed E-state index contributed by atoms with van der Waals surface area (Å²) in [6.07, 6.45) is 12.2. The summed E-state index contributed by atoms with van der Waals surface area (Å²) in [6, 6.07) is 8.94. The van der Waals surface area contributed by atoms with Crippen molar-refractivity contribution in [3.63, 3.8) is 0 Å². The number of fused-ring (bicyclic) bond motifs is 2. The molecule has 1 saturated carbocycles. The van der Waals surface area contributed by atoms with Gasteiger partial charge in [-0.15, -0.1) is 10.2 Å². The predicted octanol–water partition coefficient (Wildman–Crippen LogP) is 3.20. The highest BCUT2D eigenvalue weighted by molar-refractivity contribution is 5.67. The molecule has 3 aromatic heterocycles. The summed E-state index contributed by atoms with van der Waals surface area (Å²) in [4.78, 5) is 9.17. The van der Waals surface area contributed by atoms with Gasteiger partial charge in [0.1, 0.15) is 43.3 Å². The molecule has 0 radical (unpaired) electrons. The van der Waals surface area contributed by atoms with E-state index in [-0.39, 0.29) is 12.1 Å². The minimum absolute atomic E-state index is 0.271. The van der Waals surface area contributed by atoms with Crippen LogP contribution in [-0.2, 0) is 16.0 Å². The summed E-state index contributed by atoms with van der Waals surface area (Å²) in [7, 11) is 1.65. The van der Waals surface area contributed by atoms with E-state index in [9.17, 15) is 5.26 Å². The van der Waals surface area contributed by atoms with Gasteiger partial charge in [-0.1, -0.05) is 6.07 Å². The van der Waals surface area contributed by atoms with Crippen LogP contribution in [-0.4, -0.2) is 108 Å². The molecule has 1 N–H and O–H groups in total. The van der Waals surface area contributed by atoms with E-state index in [1.54, 1.807) is 30.3 Å². The third-order valence-corrected chi connectivity index (χ3v) is 9.11. The number of ether oxygens (including phenoxy) is 4. The summed E-state index contributed by atoms with van der Waals surface area (Å²) in [5, 5.41) is 34.0. The van der Waals surface area contributed by atoms with E-state index < -0.39 is 0 Å². The SMILES string of the molecule is COCCOc1nn(C2CCC(N3[C@@H]4CCN3COC4)CC2)cc1Nc1ncc(-c2ccc(C#N)c(O[C@@H](C)Cn3cnnn3)c2)cn1. The lowest BCUT2D eigenvalue weighted by Crippen LogP contribution is -2.54. The van der Waals surface area contributed by atoms with Crippen molar-refractivity contribution in [2.45, 2.75) is 69.8 Å². The normalized spacial score (nSPS) is 23.0. The second-order valence-electron chi connectivity index (χ2n) is 12.4. The van der Waals surface area contributed by atoms with E-state index >= 15 is 0 Å². The van der Waals surface area contributed by atoms with Crippen molar-refractivity contribution in [2.75, 3.05) is 45.5 Å². The molecule has 2 saturated heterocycles. The van der Waals surface area contributed by atoms with Crippen LogP contribution in [0.1, 0.15) is 50.6 Å². The van der Waals surface area contributed by atoms with Gasteiger partial charge in [0.05, 0.1) is 37.6 Å². The van der Waals surface area contributed by atoms with Gasteiger partial charge in [0.15, 0.2) is 0 Å². The molecular formula is C32H40N12O4. The number of methoxy groups -OCH3 is 1. The standard InChI is InChI=1S/C32H40N12O4/c1-22(17-41-20-36-39-40-41)48-30-13-23(3-4-24(30)14-33)25-15-34-32(35-16-25)37-29-18-43(38-31(29)47-12-11-45-2)26-5-7-27(8-6-26)44-28-9-10-42(44)21-46-19-28/h3-4,13,15-16,18,20,22,26-28H,5-12,17,19,21H2,1-2H3,(H,34,35,37)/t22-,26?,27?,28+/m0/s1. The van der Waals surface area contributed by atoms with Crippen LogP contribution >= 0.6 is 0 Å². The predicted molar refractivity (Wildman–Crippen MR) is 172 cm³/mol. The topological polar surface area (TPSA) is 166 Å². The average Bonchev–Trinajstić information content (AvgIpc) is 3.83. The molecule has 1 unspecified atom stereocenters. The minimum atomic E-state index is -0.271. The van der Waals surface area contributed by atoms with Gasteiger partial charge in [-0.2, -0.15) is 5.26 Å². The molecule has 3 fully saturated rings. The van der Waals surface area contributed by atoms with Crippen molar-refractivity contribution in [1.29, 1.82) is 5.26 Å². The fourth-order valence-electron chi connectivity index (χ4n) is 6.79. The average molecular weight is 657 g/mol. The van der Waals surface area contributed by atoms with Crippen molar-refractivity contribution < 1.29 is 18.9 Å². The van der Waals surface area contributed by atoms with Gasteiger partial charge in [0.2, 0.25) is 5.95 Å². The van der Waals surface area contributed by atoms with Crippen LogP contribution in [0.2, 0.25) is 0 Å². The molecule has 1 aliphatic carbocycles. The zero-order valence-corrected chi connectivity index (χ0v) is 27.2. The lowest BCUT2D eigenvalue weighted by Gasteiger charge is -2.44. The molecule has 16 heteroatoms. The molecule has 16 nitrogen and oxygen atoms in total. The van der Waals surface area contributed by atoms with Crippen molar-refractivity contribution in [1.82, 2.24) is 50.0 Å². The first-order valence-corrected chi connectivity index (χ1v) is 16.4. The fourth-order valence-corrected chi connectivity index (χ4v) is 6.79. The maximum Gasteiger partial charge on any atom is 0.257 e. The molecule has 2 aliphatic heterocycles. The highest BCUT2D eigenvalue weighted by Gasteiger charge is 2.41. The number of aromatic nitrogens is 8. The molecule has 48 heavy (non-hydrogen) atoms. The van der Waals surface area contributed by atoms with Gasteiger partial charge < -0.3 is 24.3 Å². The van der Waals surface area contributed by atoms with E-state index in [1.807, 2.05) is 29.9 Å². The third-order valence-electron chi connectivity index (χ3n) is 9.11. The Kier molecular flexibility index (Phi) is 9.70. The zero-order chi connectivity index (χ0) is 32.9. The molecule has 4 aromatic rings. The summed E-state index contributed by atoms with van der Waals surface area (Å²) in [6.45, 7) is 5.80. The molecular weight excluding hydrogens is 616 g/mol. The largest absolute Gasteiger partial charge is 0.487 e. The molecule has 0 amide bonds. The van der Waals surface area contributed by atoms with E-state index in [4.69, 9.17) is 24.0 Å². The number of nitrogens with one attached hydrogen (secondary N) is 1. The molecule has 5 heterocycles. The van der Waals surface area contributed by atoms with Gasteiger partial charge in [-0.05, 0) is 67.2 Å². The first-order chi connectivity index (χ1) is 23.6. The van der Waals surface area contributed by atoms with Crippen molar-refractivity contribution >= 4 is 11.6 Å². The van der Waals surface area contributed by atoms with Gasteiger partial charge in [0, 0.05) is 43.7 Å². The second-order valence-corrected chi connectivity index (χ2v) is 12.4. The summed E-state index contributed by atoms with van der Waals surface area (Å²) >= 11 is 0. The van der Waals surface area contributed by atoms with Gasteiger partial charge >= 0.3 is 0 Å². The molecule has 252 valence electrons. The molecule has 3 atom stereocenters. The number of nitrogens with zero attached hydrogens (tertiary/aromatic N) is 11. The highest BCUT2D eigenvalue weighted by Crippen LogP contribution is 2.38.